The lowest BCUT2D eigenvalue weighted by molar-refractivity contribution is 0.00193. The lowest BCUT2D eigenvalue weighted by atomic mass is 9.68. The van der Waals surface area contributed by atoms with Crippen LogP contribution in [0.4, 0.5) is 14.6 Å². The molecule has 2 aliphatic rings. The number of rotatable bonds is 5. The third kappa shape index (κ3) is 4.41. The van der Waals surface area contributed by atoms with Gasteiger partial charge >= 0.3 is 0 Å². The summed E-state index contributed by atoms with van der Waals surface area (Å²) in [6, 6.07) is 5.98. The molecule has 10 heteroatoms. The number of halogens is 2. The molecule has 2 N–H and O–H groups in total. The molecule has 190 valence electrons. The molecule has 0 radical (unpaired) electrons. The maximum absolute atomic E-state index is 15.6. The zero-order chi connectivity index (χ0) is 25.7. The number of aromatic hydroxyl groups is 1. The van der Waals surface area contributed by atoms with E-state index in [1.807, 2.05) is 18.9 Å². The molecule has 1 aromatic carbocycles. The Morgan fingerprint density at radius 3 is 2.58 bits per heavy atom. The minimum absolute atomic E-state index is 0.0550. The Morgan fingerprint density at radius 2 is 1.92 bits per heavy atom. The fourth-order valence-electron chi connectivity index (χ4n) is 5.70. The quantitative estimate of drug-likeness (QED) is 0.462. The fraction of sp³-hybridized carbons (Fsp3) is 0.462. The van der Waals surface area contributed by atoms with Crippen LogP contribution in [0.5, 0.6) is 5.75 Å². The van der Waals surface area contributed by atoms with Gasteiger partial charge < -0.3 is 15.3 Å². The topological polar surface area (TPSA) is 87.1 Å². The molecule has 0 aliphatic carbocycles. The lowest BCUT2D eigenvalue weighted by Gasteiger charge is -2.56. The van der Waals surface area contributed by atoms with Gasteiger partial charge in [0.1, 0.15) is 16.9 Å². The lowest BCUT2D eigenvalue weighted by Crippen LogP contribution is -2.72. The maximum atomic E-state index is 15.6. The minimum atomic E-state index is -1.06. The number of nitrogens with one attached hydrogen (secondary N) is 1. The van der Waals surface area contributed by atoms with Gasteiger partial charge in [0.05, 0.1) is 17.8 Å². The van der Waals surface area contributed by atoms with Gasteiger partial charge in [-0.15, -0.1) is 22.0 Å². The summed E-state index contributed by atoms with van der Waals surface area (Å²) in [5.74, 6) is 0.258. The molecule has 0 unspecified atom stereocenters. The third-order valence-corrected chi connectivity index (χ3v) is 8.29. The molecule has 4 atom stereocenters. The number of piperidine rings is 2. The standard InChI is InChI=1S/C26H30F2N6OS/c1-25-8-5-9-26(2,33-25)22(28)19(12-25)34(3)21-14-29-23(32-31-21)17-7-6-15(11-20(17)35)16-10-18(27)24(36-4)30-13-16/h6-7,10-11,13-14,19,22,33,35H,5,8-9,12H2,1-4H3/t19-,22-,25-,26+/m1/s1. The highest BCUT2D eigenvalue weighted by molar-refractivity contribution is 7.98. The van der Waals surface area contributed by atoms with Crippen LogP contribution in [0.25, 0.3) is 22.5 Å². The van der Waals surface area contributed by atoms with E-state index < -0.39 is 17.5 Å². The molecule has 36 heavy (non-hydrogen) atoms. The predicted octanol–water partition coefficient (Wildman–Crippen LogP) is 5.00. The maximum Gasteiger partial charge on any atom is 0.185 e. The number of benzene rings is 1. The van der Waals surface area contributed by atoms with Crippen LogP contribution >= 0.6 is 11.8 Å². The SMILES string of the molecule is CSc1ncc(-c2ccc(-c3ncc(N(C)[C@@H]4C[C@@]5(C)CCC[C@](C)(N5)[C@@H]4F)nn3)c(O)c2)cc1F. The Kier molecular flexibility index (Phi) is 6.36. The Balaban J connectivity index is 1.36. The zero-order valence-corrected chi connectivity index (χ0v) is 21.6. The summed E-state index contributed by atoms with van der Waals surface area (Å²) in [4.78, 5) is 10.4. The van der Waals surface area contributed by atoms with Crippen LogP contribution in [-0.2, 0) is 0 Å². The Hall–Kier alpha value is -2.85. The van der Waals surface area contributed by atoms with Crippen molar-refractivity contribution >= 4 is 17.6 Å². The second-order valence-corrected chi connectivity index (χ2v) is 11.1. The summed E-state index contributed by atoms with van der Waals surface area (Å²) < 4.78 is 29.8. The Labute approximate surface area is 213 Å². The summed E-state index contributed by atoms with van der Waals surface area (Å²) in [7, 11) is 1.83. The first-order valence-electron chi connectivity index (χ1n) is 12.0. The van der Waals surface area contributed by atoms with Crippen molar-refractivity contribution in [3.05, 3.63) is 42.5 Å². The van der Waals surface area contributed by atoms with Crippen LogP contribution in [0, 0.1) is 5.82 Å². The normalized spacial score (nSPS) is 27.6. The molecule has 2 fully saturated rings. The summed E-state index contributed by atoms with van der Waals surface area (Å²) in [6.45, 7) is 4.13. The number of anilines is 1. The second kappa shape index (κ2) is 9.23. The van der Waals surface area contributed by atoms with E-state index in [9.17, 15) is 9.50 Å². The second-order valence-electron chi connectivity index (χ2n) is 10.3. The molecule has 2 bridgehead atoms. The van der Waals surface area contributed by atoms with Crippen molar-refractivity contribution in [1.82, 2.24) is 25.5 Å². The van der Waals surface area contributed by atoms with Gasteiger partial charge in [-0.3, -0.25) is 0 Å². The monoisotopic (exact) mass is 512 g/mol. The Morgan fingerprint density at radius 1 is 1.11 bits per heavy atom. The van der Waals surface area contributed by atoms with Crippen molar-refractivity contribution in [2.24, 2.45) is 0 Å². The number of phenolic OH excluding ortho intramolecular Hbond substituents is 1. The number of aromatic nitrogens is 4. The molecule has 0 amide bonds. The van der Waals surface area contributed by atoms with Gasteiger partial charge in [0.15, 0.2) is 17.5 Å². The number of hydrogen-bond donors (Lipinski definition) is 2. The van der Waals surface area contributed by atoms with Crippen LogP contribution in [-0.4, -0.2) is 61.9 Å². The van der Waals surface area contributed by atoms with E-state index in [0.29, 0.717) is 34.0 Å². The molecule has 7 nitrogen and oxygen atoms in total. The van der Waals surface area contributed by atoms with Gasteiger partial charge in [-0.25, -0.2) is 18.7 Å². The molecule has 4 heterocycles. The van der Waals surface area contributed by atoms with E-state index in [1.54, 1.807) is 30.8 Å². The van der Waals surface area contributed by atoms with Gasteiger partial charge in [-0.1, -0.05) is 6.07 Å². The molecule has 2 aromatic heterocycles. The van der Waals surface area contributed by atoms with E-state index in [1.165, 1.54) is 23.9 Å². The average molecular weight is 513 g/mol. The fourth-order valence-corrected chi connectivity index (χ4v) is 6.11. The van der Waals surface area contributed by atoms with E-state index in [0.717, 1.165) is 19.3 Å². The summed E-state index contributed by atoms with van der Waals surface area (Å²) >= 11 is 1.23. The number of hydrogen-bond acceptors (Lipinski definition) is 8. The van der Waals surface area contributed by atoms with E-state index in [4.69, 9.17) is 0 Å². The van der Waals surface area contributed by atoms with Crippen LogP contribution < -0.4 is 10.2 Å². The Bertz CT molecular complexity index is 1280. The number of nitrogens with zero attached hydrogens (tertiary/aromatic N) is 5. The van der Waals surface area contributed by atoms with Gasteiger partial charge in [-0.2, -0.15) is 0 Å². The van der Waals surface area contributed by atoms with Crippen molar-refractivity contribution in [1.29, 1.82) is 0 Å². The van der Waals surface area contributed by atoms with Crippen molar-refractivity contribution in [3.8, 4) is 28.3 Å². The first-order valence-corrected chi connectivity index (χ1v) is 13.2. The largest absolute Gasteiger partial charge is 0.507 e. The third-order valence-electron chi connectivity index (χ3n) is 7.60. The predicted molar refractivity (Wildman–Crippen MR) is 137 cm³/mol. The van der Waals surface area contributed by atoms with Crippen molar-refractivity contribution in [2.45, 2.75) is 67.8 Å². The summed E-state index contributed by atoms with van der Waals surface area (Å²) in [5.41, 5.74) is 0.892. The van der Waals surface area contributed by atoms with Gasteiger partial charge in [0.25, 0.3) is 0 Å². The molecule has 2 aliphatic heterocycles. The van der Waals surface area contributed by atoms with Gasteiger partial charge in [0.2, 0.25) is 0 Å². The first-order chi connectivity index (χ1) is 17.1. The summed E-state index contributed by atoms with van der Waals surface area (Å²) in [5, 5.41) is 23.0. The van der Waals surface area contributed by atoms with Crippen molar-refractivity contribution < 1.29 is 13.9 Å². The van der Waals surface area contributed by atoms with Crippen molar-refractivity contribution in [3.63, 3.8) is 0 Å². The average Bonchev–Trinajstić information content (AvgIpc) is 2.86. The molecule has 3 aromatic rings. The van der Waals surface area contributed by atoms with Crippen LogP contribution in [0.3, 0.4) is 0 Å². The highest BCUT2D eigenvalue weighted by atomic mass is 32.2. The number of thioether (sulfide) groups is 1. The number of fused-ring (bicyclic) bond motifs is 2. The molecular formula is C26H30F2N6OS. The number of pyridine rings is 1. The highest BCUT2D eigenvalue weighted by Crippen LogP contribution is 2.43. The molecule has 5 rings (SSSR count). The van der Waals surface area contributed by atoms with Crippen molar-refractivity contribution in [2.75, 3.05) is 18.2 Å². The summed E-state index contributed by atoms with van der Waals surface area (Å²) in [6.07, 6.45) is 7.34. The van der Waals surface area contributed by atoms with Crippen LogP contribution in [0.15, 0.2) is 41.7 Å². The molecule has 0 spiro atoms. The van der Waals surface area contributed by atoms with E-state index >= 15 is 4.39 Å². The smallest absolute Gasteiger partial charge is 0.185 e. The van der Waals surface area contributed by atoms with Crippen LogP contribution in [0.2, 0.25) is 0 Å². The van der Waals surface area contributed by atoms with Crippen LogP contribution in [0.1, 0.15) is 39.5 Å². The van der Waals surface area contributed by atoms with E-state index in [-0.39, 0.29) is 23.2 Å². The molecular weight excluding hydrogens is 482 g/mol. The molecule has 0 saturated carbocycles. The molecule has 2 saturated heterocycles. The van der Waals surface area contributed by atoms with E-state index in [2.05, 4.69) is 32.4 Å². The van der Waals surface area contributed by atoms with Gasteiger partial charge in [0, 0.05) is 29.9 Å². The highest BCUT2D eigenvalue weighted by Gasteiger charge is 2.53. The first kappa shape index (κ1) is 24.8. The number of alkyl halides is 1. The van der Waals surface area contributed by atoms with Gasteiger partial charge in [-0.05, 0) is 69.5 Å². The zero-order valence-electron chi connectivity index (χ0n) is 20.8. The number of phenols is 1. The minimum Gasteiger partial charge on any atom is -0.507 e.